The molecule has 22 heavy (non-hydrogen) atoms. The first-order valence-electron chi connectivity index (χ1n) is 5.94. The molecule has 114 valence electrons. The molecule has 2 rings (SSSR count). The van der Waals surface area contributed by atoms with Gasteiger partial charge in [-0.05, 0) is 24.3 Å². The summed E-state index contributed by atoms with van der Waals surface area (Å²) >= 11 is 12.8. The maximum Gasteiger partial charge on any atom is 0.294 e. The van der Waals surface area contributed by atoms with Crippen molar-refractivity contribution in [3.63, 3.8) is 0 Å². The second-order valence-corrected chi connectivity index (χ2v) is 5.85. The van der Waals surface area contributed by atoms with Crippen LogP contribution >= 0.6 is 35.0 Å². The van der Waals surface area contributed by atoms with Crippen LogP contribution in [0.15, 0.2) is 41.6 Å². The Kier molecular flexibility index (Phi) is 5.59. The molecule has 6 nitrogen and oxygen atoms in total. The summed E-state index contributed by atoms with van der Waals surface area (Å²) in [5.74, 6) is -0.381. The number of carbonyl (C=O) groups is 1. The van der Waals surface area contributed by atoms with Crippen molar-refractivity contribution in [2.75, 3.05) is 11.1 Å². The highest BCUT2D eigenvalue weighted by molar-refractivity contribution is 8.00. The van der Waals surface area contributed by atoms with Crippen LogP contribution < -0.4 is 5.32 Å². The molecule has 1 heterocycles. The van der Waals surface area contributed by atoms with Crippen LogP contribution in [0.25, 0.3) is 0 Å². The highest BCUT2D eigenvalue weighted by atomic mass is 35.5. The number of halogens is 2. The van der Waals surface area contributed by atoms with Gasteiger partial charge in [0, 0.05) is 17.3 Å². The first-order valence-corrected chi connectivity index (χ1v) is 7.68. The lowest BCUT2D eigenvalue weighted by molar-refractivity contribution is -0.383. The minimum atomic E-state index is -0.607. The maximum atomic E-state index is 11.9. The van der Waals surface area contributed by atoms with E-state index in [2.05, 4.69) is 10.3 Å². The molecule has 2 aromatic rings. The van der Waals surface area contributed by atoms with Gasteiger partial charge in [0.2, 0.25) is 5.91 Å². The van der Waals surface area contributed by atoms with Gasteiger partial charge in [0.1, 0.15) is 10.7 Å². The lowest BCUT2D eigenvalue weighted by Crippen LogP contribution is -2.15. The molecular weight excluding hydrogens is 349 g/mol. The molecule has 0 aliphatic heterocycles. The normalized spacial score (nSPS) is 10.3. The van der Waals surface area contributed by atoms with Gasteiger partial charge in [-0.3, -0.25) is 14.9 Å². The standard InChI is InChI=1S/C13H9Cl2N3O3S/c14-8-3-4-10(11(6-8)18(20)21)17-12(19)7-22-13-9(15)2-1-5-16-13/h1-6H,7H2,(H,17,19). The molecule has 1 N–H and O–H groups in total. The minimum absolute atomic E-state index is 0.0243. The molecule has 1 aromatic carbocycles. The minimum Gasteiger partial charge on any atom is -0.320 e. The smallest absolute Gasteiger partial charge is 0.294 e. The monoisotopic (exact) mass is 357 g/mol. The Hall–Kier alpha value is -1.83. The summed E-state index contributed by atoms with van der Waals surface area (Å²) in [6, 6.07) is 7.38. The van der Waals surface area contributed by atoms with Crippen LogP contribution in [0.1, 0.15) is 0 Å². The van der Waals surface area contributed by atoms with Crippen LogP contribution in [-0.2, 0) is 4.79 Å². The van der Waals surface area contributed by atoms with E-state index >= 15 is 0 Å². The van der Waals surface area contributed by atoms with E-state index in [0.717, 1.165) is 11.8 Å². The number of carbonyl (C=O) groups excluding carboxylic acids is 1. The Morgan fingerprint density at radius 1 is 1.36 bits per heavy atom. The Labute approximate surface area is 140 Å². The molecule has 0 saturated carbocycles. The number of anilines is 1. The van der Waals surface area contributed by atoms with Crippen LogP contribution in [0.4, 0.5) is 11.4 Å². The summed E-state index contributed by atoms with van der Waals surface area (Å²) < 4.78 is 0. The summed E-state index contributed by atoms with van der Waals surface area (Å²) in [6.07, 6.45) is 1.57. The third-order valence-electron chi connectivity index (χ3n) is 2.50. The van der Waals surface area contributed by atoms with E-state index in [1.54, 1.807) is 18.3 Å². The van der Waals surface area contributed by atoms with E-state index in [4.69, 9.17) is 23.2 Å². The highest BCUT2D eigenvalue weighted by Gasteiger charge is 2.16. The van der Waals surface area contributed by atoms with Gasteiger partial charge in [0.15, 0.2) is 0 Å². The number of thioether (sulfide) groups is 1. The van der Waals surface area contributed by atoms with E-state index in [1.165, 1.54) is 18.2 Å². The molecule has 0 spiro atoms. The molecule has 0 aliphatic carbocycles. The van der Waals surface area contributed by atoms with Gasteiger partial charge in [-0.15, -0.1) is 0 Å². The van der Waals surface area contributed by atoms with Crippen LogP contribution in [0.5, 0.6) is 0 Å². The number of pyridine rings is 1. The van der Waals surface area contributed by atoms with Crippen molar-refractivity contribution in [3.05, 3.63) is 56.7 Å². The highest BCUT2D eigenvalue weighted by Crippen LogP contribution is 2.28. The predicted molar refractivity (Wildman–Crippen MR) is 86.7 cm³/mol. The molecule has 1 aromatic heterocycles. The van der Waals surface area contributed by atoms with E-state index in [1.807, 2.05) is 0 Å². The molecule has 1 amide bonds. The van der Waals surface area contributed by atoms with Crippen LogP contribution in [-0.4, -0.2) is 21.6 Å². The van der Waals surface area contributed by atoms with Crippen LogP contribution in [0.2, 0.25) is 10.0 Å². The fraction of sp³-hybridized carbons (Fsp3) is 0.0769. The van der Waals surface area contributed by atoms with Crippen molar-refractivity contribution in [1.29, 1.82) is 0 Å². The fourth-order valence-electron chi connectivity index (χ4n) is 1.56. The predicted octanol–water partition coefficient (Wildman–Crippen LogP) is 4.03. The fourth-order valence-corrected chi connectivity index (χ4v) is 2.69. The first-order chi connectivity index (χ1) is 10.5. The van der Waals surface area contributed by atoms with E-state index < -0.39 is 10.8 Å². The lowest BCUT2D eigenvalue weighted by atomic mass is 10.2. The Bertz CT molecular complexity index is 727. The number of nitro benzene ring substituents is 1. The van der Waals surface area contributed by atoms with Gasteiger partial charge in [-0.25, -0.2) is 4.98 Å². The number of benzene rings is 1. The molecule has 0 aliphatic rings. The second kappa shape index (κ2) is 7.44. The molecule has 0 unspecified atom stereocenters. The number of hydrogen-bond donors (Lipinski definition) is 1. The molecule has 0 atom stereocenters. The number of nitrogens with one attached hydrogen (secondary N) is 1. The average Bonchev–Trinajstić information content (AvgIpc) is 2.48. The Balaban J connectivity index is 2.04. The van der Waals surface area contributed by atoms with Gasteiger partial charge < -0.3 is 5.32 Å². The summed E-state index contributed by atoms with van der Waals surface area (Å²) in [6.45, 7) is 0. The lowest BCUT2D eigenvalue weighted by Gasteiger charge is -2.06. The molecule has 0 fully saturated rings. The Morgan fingerprint density at radius 2 is 2.14 bits per heavy atom. The van der Waals surface area contributed by atoms with E-state index in [-0.39, 0.29) is 22.2 Å². The number of nitrogens with zero attached hydrogens (tertiary/aromatic N) is 2. The van der Waals surface area contributed by atoms with Crippen molar-refractivity contribution >= 4 is 52.2 Å². The average molecular weight is 358 g/mol. The van der Waals surface area contributed by atoms with Crippen molar-refractivity contribution in [3.8, 4) is 0 Å². The third kappa shape index (κ3) is 4.33. The van der Waals surface area contributed by atoms with Crippen molar-refractivity contribution in [2.24, 2.45) is 0 Å². The summed E-state index contributed by atoms with van der Waals surface area (Å²) in [5.41, 5.74) is -0.172. The number of nitro groups is 1. The summed E-state index contributed by atoms with van der Waals surface area (Å²) in [4.78, 5) is 26.3. The zero-order valence-corrected chi connectivity index (χ0v) is 13.3. The zero-order chi connectivity index (χ0) is 16.1. The van der Waals surface area contributed by atoms with Gasteiger partial charge in [0.05, 0.1) is 15.7 Å². The van der Waals surface area contributed by atoms with Gasteiger partial charge >= 0.3 is 0 Å². The number of aromatic nitrogens is 1. The van der Waals surface area contributed by atoms with Gasteiger partial charge in [-0.2, -0.15) is 0 Å². The van der Waals surface area contributed by atoms with Crippen LogP contribution in [0, 0.1) is 10.1 Å². The second-order valence-electron chi connectivity index (χ2n) is 4.05. The summed E-state index contributed by atoms with van der Waals surface area (Å²) in [5, 5.41) is 14.6. The number of rotatable bonds is 5. The number of hydrogen-bond acceptors (Lipinski definition) is 5. The zero-order valence-electron chi connectivity index (χ0n) is 11.0. The van der Waals surface area contributed by atoms with E-state index in [0.29, 0.717) is 10.0 Å². The topological polar surface area (TPSA) is 85.1 Å². The largest absolute Gasteiger partial charge is 0.320 e. The molecule has 9 heteroatoms. The summed E-state index contributed by atoms with van der Waals surface area (Å²) in [7, 11) is 0. The van der Waals surface area contributed by atoms with Gasteiger partial charge in [-0.1, -0.05) is 35.0 Å². The van der Waals surface area contributed by atoms with Gasteiger partial charge in [0.25, 0.3) is 5.69 Å². The maximum absolute atomic E-state index is 11.9. The number of amides is 1. The first kappa shape index (κ1) is 16.5. The molecule has 0 radical (unpaired) electrons. The SMILES string of the molecule is O=C(CSc1ncccc1Cl)Nc1ccc(Cl)cc1[N+](=O)[O-]. The van der Waals surface area contributed by atoms with Crippen molar-refractivity contribution < 1.29 is 9.72 Å². The van der Waals surface area contributed by atoms with Crippen LogP contribution in [0.3, 0.4) is 0 Å². The third-order valence-corrected chi connectivity index (χ3v) is 4.15. The van der Waals surface area contributed by atoms with Crippen molar-refractivity contribution in [1.82, 2.24) is 4.98 Å². The Morgan fingerprint density at radius 3 is 2.82 bits per heavy atom. The molecule has 0 bridgehead atoms. The van der Waals surface area contributed by atoms with E-state index in [9.17, 15) is 14.9 Å². The quantitative estimate of drug-likeness (QED) is 0.496. The molecular formula is C13H9Cl2N3O3S. The van der Waals surface area contributed by atoms with Crippen molar-refractivity contribution in [2.45, 2.75) is 5.03 Å². The molecule has 0 saturated heterocycles.